The Balaban J connectivity index is 2.27. The van der Waals surface area contributed by atoms with E-state index in [0.29, 0.717) is 16.8 Å². The van der Waals surface area contributed by atoms with Gasteiger partial charge in [0, 0.05) is 20.2 Å². The normalized spacial score (nSPS) is 11.2. The highest BCUT2D eigenvalue weighted by molar-refractivity contribution is 6.04. The first-order valence-electron chi connectivity index (χ1n) is 7.59. The molecule has 0 fully saturated rings. The van der Waals surface area contributed by atoms with Crippen LogP contribution in [0.2, 0.25) is 0 Å². The SMILES string of the molecule is CN(C)c1ccc(C(F)(F)F)cc1NC(=O)/C=C/c1ccccc1C#N. The first-order chi connectivity index (χ1) is 12.2. The predicted molar refractivity (Wildman–Crippen MR) is 94.6 cm³/mol. The Bertz CT molecular complexity index is 880. The first kappa shape index (κ1) is 19.1. The molecule has 1 N–H and O–H groups in total. The molecule has 0 aliphatic carbocycles. The summed E-state index contributed by atoms with van der Waals surface area (Å²) < 4.78 is 38.8. The maximum absolute atomic E-state index is 12.9. The molecule has 0 aromatic heterocycles. The summed E-state index contributed by atoms with van der Waals surface area (Å²) >= 11 is 0. The van der Waals surface area contributed by atoms with Gasteiger partial charge in [-0.25, -0.2) is 0 Å². The second-order valence-electron chi connectivity index (χ2n) is 5.65. The number of nitrogens with one attached hydrogen (secondary N) is 1. The van der Waals surface area contributed by atoms with Crippen LogP contribution in [0, 0.1) is 11.3 Å². The quantitative estimate of drug-likeness (QED) is 0.829. The summed E-state index contributed by atoms with van der Waals surface area (Å²) in [6.45, 7) is 0. The third-order valence-corrected chi connectivity index (χ3v) is 3.56. The van der Waals surface area contributed by atoms with Crippen LogP contribution in [0.4, 0.5) is 24.5 Å². The van der Waals surface area contributed by atoms with Crippen LogP contribution in [0.15, 0.2) is 48.5 Å². The lowest BCUT2D eigenvalue weighted by atomic mass is 10.1. The van der Waals surface area contributed by atoms with Gasteiger partial charge in [0.2, 0.25) is 5.91 Å². The minimum atomic E-state index is -4.51. The maximum Gasteiger partial charge on any atom is 0.416 e. The minimum absolute atomic E-state index is 0.0491. The van der Waals surface area contributed by atoms with E-state index in [1.54, 1.807) is 43.3 Å². The van der Waals surface area contributed by atoms with Gasteiger partial charge in [0.25, 0.3) is 0 Å². The van der Waals surface area contributed by atoms with Crippen molar-refractivity contribution >= 4 is 23.4 Å². The molecule has 4 nitrogen and oxygen atoms in total. The van der Waals surface area contributed by atoms with Crippen molar-refractivity contribution in [2.75, 3.05) is 24.3 Å². The van der Waals surface area contributed by atoms with Crippen LogP contribution >= 0.6 is 0 Å². The fraction of sp³-hybridized carbons (Fsp3) is 0.158. The predicted octanol–water partition coefficient (Wildman–Crippen LogP) is 4.29. The zero-order valence-electron chi connectivity index (χ0n) is 14.1. The molecule has 0 saturated carbocycles. The average molecular weight is 359 g/mol. The van der Waals surface area contributed by atoms with E-state index in [1.807, 2.05) is 6.07 Å². The maximum atomic E-state index is 12.9. The van der Waals surface area contributed by atoms with Crippen LogP contribution in [-0.4, -0.2) is 20.0 Å². The molecule has 0 atom stereocenters. The number of alkyl halides is 3. The summed E-state index contributed by atoms with van der Waals surface area (Å²) in [5.74, 6) is -0.597. The molecular weight excluding hydrogens is 343 g/mol. The number of amides is 1. The molecule has 2 aromatic carbocycles. The molecular formula is C19H16F3N3O. The summed E-state index contributed by atoms with van der Waals surface area (Å²) in [5.41, 5.74) is 0.578. The number of hydrogen-bond donors (Lipinski definition) is 1. The Morgan fingerprint density at radius 1 is 1.19 bits per heavy atom. The summed E-state index contributed by atoms with van der Waals surface area (Å²) in [6.07, 6.45) is -1.89. The van der Waals surface area contributed by atoms with Crippen molar-refractivity contribution < 1.29 is 18.0 Å². The highest BCUT2D eigenvalue weighted by atomic mass is 19.4. The molecule has 0 aliphatic heterocycles. The number of hydrogen-bond acceptors (Lipinski definition) is 3. The van der Waals surface area contributed by atoms with Gasteiger partial charge in [-0.1, -0.05) is 18.2 Å². The molecule has 0 aliphatic rings. The molecule has 1 amide bonds. The smallest absolute Gasteiger partial charge is 0.376 e. The third kappa shape index (κ3) is 4.63. The van der Waals surface area contributed by atoms with E-state index in [0.717, 1.165) is 12.1 Å². The summed E-state index contributed by atoms with van der Waals surface area (Å²) in [7, 11) is 3.33. The van der Waals surface area contributed by atoms with Gasteiger partial charge < -0.3 is 10.2 Å². The summed E-state index contributed by atoms with van der Waals surface area (Å²) in [6, 6.07) is 11.8. The molecule has 0 saturated heterocycles. The van der Waals surface area contributed by atoms with E-state index in [2.05, 4.69) is 5.32 Å². The van der Waals surface area contributed by atoms with E-state index in [-0.39, 0.29) is 5.69 Å². The lowest BCUT2D eigenvalue weighted by Crippen LogP contribution is -2.16. The zero-order chi connectivity index (χ0) is 19.3. The second-order valence-corrected chi connectivity index (χ2v) is 5.65. The van der Waals surface area contributed by atoms with Gasteiger partial charge in [0.05, 0.1) is 28.6 Å². The van der Waals surface area contributed by atoms with E-state index < -0.39 is 17.6 Å². The standard InChI is InChI=1S/C19H16F3N3O/c1-25(2)17-9-8-15(19(20,21)22)11-16(17)24-18(26)10-7-13-5-3-4-6-14(13)12-23/h3-11H,1-2H3,(H,24,26)/b10-7+. The highest BCUT2D eigenvalue weighted by Crippen LogP contribution is 2.34. The fourth-order valence-electron chi connectivity index (χ4n) is 2.29. The Morgan fingerprint density at radius 3 is 2.50 bits per heavy atom. The average Bonchev–Trinajstić information content (AvgIpc) is 2.59. The lowest BCUT2D eigenvalue weighted by Gasteiger charge is -2.19. The number of anilines is 2. The molecule has 0 radical (unpaired) electrons. The number of benzene rings is 2. The molecule has 0 spiro atoms. The van der Waals surface area contributed by atoms with Crippen LogP contribution in [-0.2, 0) is 11.0 Å². The largest absolute Gasteiger partial charge is 0.416 e. The van der Waals surface area contributed by atoms with Crippen molar-refractivity contribution in [2.45, 2.75) is 6.18 Å². The molecule has 7 heteroatoms. The van der Waals surface area contributed by atoms with E-state index >= 15 is 0 Å². The zero-order valence-corrected chi connectivity index (χ0v) is 14.1. The van der Waals surface area contributed by atoms with Crippen molar-refractivity contribution in [3.8, 4) is 6.07 Å². The lowest BCUT2D eigenvalue weighted by molar-refractivity contribution is -0.137. The minimum Gasteiger partial charge on any atom is -0.376 e. The summed E-state index contributed by atoms with van der Waals surface area (Å²) in [4.78, 5) is 13.7. The number of rotatable bonds is 4. The van der Waals surface area contributed by atoms with E-state index in [9.17, 15) is 18.0 Å². The third-order valence-electron chi connectivity index (χ3n) is 3.56. The van der Waals surface area contributed by atoms with Gasteiger partial charge in [-0.3, -0.25) is 4.79 Å². The van der Waals surface area contributed by atoms with Crippen LogP contribution in [0.1, 0.15) is 16.7 Å². The van der Waals surface area contributed by atoms with Crippen molar-refractivity contribution in [3.05, 3.63) is 65.2 Å². The van der Waals surface area contributed by atoms with Crippen molar-refractivity contribution in [3.63, 3.8) is 0 Å². The molecule has 0 heterocycles. The van der Waals surface area contributed by atoms with E-state index in [1.165, 1.54) is 18.2 Å². The topological polar surface area (TPSA) is 56.1 Å². The number of nitrogens with zero attached hydrogens (tertiary/aromatic N) is 2. The Kier molecular flexibility index (Phi) is 5.68. The van der Waals surface area contributed by atoms with Gasteiger partial charge in [-0.05, 0) is 35.9 Å². The number of carbonyl (C=O) groups excluding carboxylic acids is 1. The first-order valence-corrected chi connectivity index (χ1v) is 7.59. The molecule has 0 unspecified atom stereocenters. The molecule has 0 bridgehead atoms. The number of carbonyl (C=O) groups is 1. The van der Waals surface area contributed by atoms with Crippen LogP contribution in [0.5, 0.6) is 0 Å². The van der Waals surface area contributed by atoms with Crippen LogP contribution in [0.3, 0.4) is 0 Å². The fourth-order valence-corrected chi connectivity index (χ4v) is 2.29. The second kappa shape index (κ2) is 7.74. The monoisotopic (exact) mass is 359 g/mol. The Hall–Kier alpha value is -3.27. The van der Waals surface area contributed by atoms with Gasteiger partial charge in [-0.15, -0.1) is 0 Å². The highest BCUT2D eigenvalue weighted by Gasteiger charge is 2.31. The van der Waals surface area contributed by atoms with Crippen molar-refractivity contribution in [1.82, 2.24) is 0 Å². The number of halogens is 3. The molecule has 26 heavy (non-hydrogen) atoms. The Labute approximate surface area is 149 Å². The summed E-state index contributed by atoms with van der Waals surface area (Å²) in [5, 5.41) is 11.5. The molecule has 2 aromatic rings. The Morgan fingerprint density at radius 2 is 1.88 bits per heavy atom. The van der Waals surface area contributed by atoms with Gasteiger partial charge in [0.1, 0.15) is 0 Å². The van der Waals surface area contributed by atoms with Gasteiger partial charge in [-0.2, -0.15) is 18.4 Å². The van der Waals surface area contributed by atoms with Crippen LogP contribution < -0.4 is 10.2 Å². The molecule has 134 valence electrons. The van der Waals surface area contributed by atoms with Gasteiger partial charge in [0.15, 0.2) is 0 Å². The van der Waals surface area contributed by atoms with Crippen LogP contribution in [0.25, 0.3) is 6.08 Å². The van der Waals surface area contributed by atoms with Gasteiger partial charge >= 0.3 is 6.18 Å². The van der Waals surface area contributed by atoms with Crippen molar-refractivity contribution in [2.24, 2.45) is 0 Å². The van der Waals surface area contributed by atoms with Crippen molar-refractivity contribution in [1.29, 1.82) is 5.26 Å². The number of nitriles is 1. The van der Waals surface area contributed by atoms with E-state index in [4.69, 9.17) is 5.26 Å². The molecule has 2 rings (SSSR count).